The Labute approximate surface area is 156 Å². The van der Waals surface area contributed by atoms with Crippen LogP contribution < -0.4 is 15.1 Å². The van der Waals surface area contributed by atoms with Crippen molar-refractivity contribution < 1.29 is 24.1 Å². The van der Waals surface area contributed by atoms with Crippen molar-refractivity contribution in [1.82, 2.24) is 5.32 Å². The Kier molecular flexibility index (Phi) is 7.02. The van der Waals surface area contributed by atoms with Gasteiger partial charge in [0.25, 0.3) is 5.91 Å². The molecule has 0 spiro atoms. The first-order chi connectivity index (χ1) is 12.6. The minimum Gasteiger partial charge on any atom is -0.370 e. The van der Waals surface area contributed by atoms with Crippen molar-refractivity contribution in [2.75, 3.05) is 45.9 Å². The van der Waals surface area contributed by atoms with Crippen molar-refractivity contribution in [2.45, 2.75) is 39.1 Å². The maximum absolute atomic E-state index is 12.2. The molecular formula is C20H33N3O3+2. The lowest BCUT2D eigenvalue weighted by Crippen LogP contribution is -3.16. The molecule has 0 bridgehead atoms. The SMILES string of the molecule is C[C@@H]1C[NH+](CC(=O)NCc2ccc(C[NH+]3CCOCC3)cc2)C[C@H](C)O1. The summed E-state index contributed by atoms with van der Waals surface area (Å²) in [6.45, 7) is 12.0. The molecule has 2 aliphatic rings. The highest BCUT2D eigenvalue weighted by molar-refractivity contribution is 5.76. The number of carbonyl (C=O) groups is 1. The highest BCUT2D eigenvalue weighted by Gasteiger charge is 2.27. The number of ether oxygens (including phenoxy) is 2. The summed E-state index contributed by atoms with van der Waals surface area (Å²) in [6.07, 6.45) is 0.449. The minimum absolute atomic E-state index is 0.114. The van der Waals surface area contributed by atoms with Gasteiger partial charge in [0.05, 0.1) is 13.2 Å². The molecule has 1 aromatic carbocycles. The molecule has 2 heterocycles. The first-order valence-electron chi connectivity index (χ1n) is 9.83. The van der Waals surface area contributed by atoms with E-state index < -0.39 is 0 Å². The highest BCUT2D eigenvalue weighted by atomic mass is 16.5. The number of nitrogens with one attached hydrogen (secondary N) is 3. The van der Waals surface area contributed by atoms with E-state index in [-0.39, 0.29) is 18.1 Å². The number of quaternary nitrogens is 2. The average molecular weight is 364 g/mol. The third-order valence-corrected chi connectivity index (χ3v) is 5.19. The van der Waals surface area contributed by atoms with Gasteiger partial charge in [-0.05, 0) is 19.4 Å². The lowest BCUT2D eigenvalue weighted by atomic mass is 10.1. The van der Waals surface area contributed by atoms with E-state index in [1.807, 2.05) is 0 Å². The van der Waals surface area contributed by atoms with Crippen LogP contribution >= 0.6 is 0 Å². The first-order valence-corrected chi connectivity index (χ1v) is 9.83. The number of hydrogen-bond acceptors (Lipinski definition) is 3. The molecule has 3 N–H and O–H groups in total. The summed E-state index contributed by atoms with van der Waals surface area (Å²) in [6, 6.07) is 8.61. The smallest absolute Gasteiger partial charge is 0.275 e. The van der Waals surface area contributed by atoms with Crippen LogP contribution in [0.1, 0.15) is 25.0 Å². The zero-order chi connectivity index (χ0) is 18.4. The average Bonchev–Trinajstić information content (AvgIpc) is 2.61. The summed E-state index contributed by atoms with van der Waals surface area (Å²) in [5.41, 5.74) is 2.50. The molecule has 0 aromatic heterocycles. The van der Waals surface area contributed by atoms with Gasteiger partial charge in [0.15, 0.2) is 6.54 Å². The molecule has 6 nitrogen and oxygen atoms in total. The molecule has 1 amide bonds. The monoisotopic (exact) mass is 363 g/mol. The van der Waals surface area contributed by atoms with Crippen LogP contribution in [0.3, 0.4) is 0 Å². The second-order valence-corrected chi connectivity index (χ2v) is 7.72. The van der Waals surface area contributed by atoms with Crippen LogP contribution in [0, 0.1) is 0 Å². The largest absolute Gasteiger partial charge is 0.370 e. The quantitative estimate of drug-likeness (QED) is 0.571. The van der Waals surface area contributed by atoms with Gasteiger partial charge in [-0.1, -0.05) is 24.3 Å². The maximum Gasteiger partial charge on any atom is 0.275 e. The molecule has 26 heavy (non-hydrogen) atoms. The molecule has 1 aromatic rings. The fraction of sp³-hybridized carbons (Fsp3) is 0.650. The van der Waals surface area contributed by atoms with Crippen molar-refractivity contribution in [2.24, 2.45) is 0 Å². The van der Waals surface area contributed by atoms with E-state index in [1.165, 1.54) is 10.5 Å². The summed E-state index contributed by atoms with van der Waals surface area (Å²) < 4.78 is 11.1. The predicted octanol–water partition coefficient (Wildman–Crippen LogP) is -1.59. The zero-order valence-electron chi connectivity index (χ0n) is 16.1. The Morgan fingerprint density at radius 2 is 1.65 bits per heavy atom. The molecule has 3 rings (SSSR count). The van der Waals surface area contributed by atoms with Crippen LogP contribution in [-0.4, -0.2) is 64.1 Å². The Morgan fingerprint density at radius 1 is 1.04 bits per heavy atom. The van der Waals surface area contributed by atoms with Crippen molar-refractivity contribution >= 4 is 5.91 Å². The lowest BCUT2D eigenvalue weighted by Gasteiger charge is -2.31. The topological polar surface area (TPSA) is 56.4 Å². The molecule has 144 valence electrons. The van der Waals surface area contributed by atoms with E-state index in [4.69, 9.17) is 9.47 Å². The molecule has 0 aliphatic carbocycles. The standard InChI is InChI=1S/C20H31N3O3/c1-16-12-23(13-17(2)26-16)15-20(24)21-11-18-3-5-19(6-4-18)14-22-7-9-25-10-8-22/h3-6,16-17H,7-15H2,1-2H3,(H,21,24)/p+2/t16-,17+. The molecule has 6 heteroatoms. The summed E-state index contributed by atoms with van der Waals surface area (Å²) in [4.78, 5) is 15.1. The fourth-order valence-electron chi connectivity index (χ4n) is 3.92. The molecule has 0 radical (unpaired) electrons. The molecule has 3 atom stereocenters. The van der Waals surface area contributed by atoms with E-state index in [2.05, 4.69) is 43.4 Å². The summed E-state index contributed by atoms with van der Waals surface area (Å²) in [5, 5.41) is 3.05. The van der Waals surface area contributed by atoms with Crippen LogP contribution in [0.25, 0.3) is 0 Å². The van der Waals surface area contributed by atoms with E-state index >= 15 is 0 Å². The van der Waals surface area contributed by atoms with Gasteiger partial charge < -0.3 is 24.6 Å². The van der Waals surface area contributed by atoms with Crippen LogP contribution in [0.15, 0.2) is 24.3 Å². The van der Waals surface area contributed by atoms with Gasteiger partial charge in [-0.2, -0.15) is 0 Å². The maximum atomic E-state index is 12.2. The van der Waals surface area contributed by atoms with E-state index in [0.717, 1.165) is 51.5 Å². The second kappa shape index (κ2) is 9.46. The molecule has 1 unspecified atom stereocenters. The van der Waals surface area contributed by atoms with Crippen LogP contribution in [-0.2, 0) is 27.4 Å². The van der Waals surface area contributed by atoms with Crippen molar-refractivity contribution in [3.8, 4) is 0 Å². The van der Waals surface area contributed by atoms with Gasteiger partial charge in [0, 0.05) is 12.1 Å². The molecular weight excluding hydrogens is 330 g/mol. The summed E-state index contributed by atoms with van der Waals surface area (Å²) in [7, 11) is 0. The summed E-state index contributed by atoms with van der Waals surface area (Å²) in [5.74, 6) is 0.114. The van der Waals surface area contributed by atoms with Crippen LogP contribution in [0.2, 0.25) is 0 Å². The Hall–Kier alpha value is -1.47. The summed E-state index contributed by atoms with van der Waals surface area (Å²) >= 11 is 0. The van der Waals surface area contributed by atoms with Gasteiger partial charge in [-0.25, -0.2) is 0 Å². The van der Waals surface area contributed by atoms with Gasteiger partial charge in [-0.15, -0.1) is 0 Å². The molecule has 0 saturated carbocycles. The minimum atomic E-state index is 0.114. The Morgan fingerprint density at radius 3 is 2.31 bits per heavy atom. The number of morpholine rings is 2. The molecule has 2 saturated heterocycles. The number of carbonyl (C=O) groups excluding carboxylic acids is 1. The van der Waals surface area contributed by atoms with E-state index in [9.17, 15) is 4.79 Å². The third-order valence-electron chi connectivity index (χ3n) is 5.19. The number of benzene rings is 1. The van der Waals surface area contributed by atoms with E-state index in [0.29, 0.717) is 13.1 Å². The Balaban J connectivity index is 1.40. The van der Waals surface area contributed by atoms with Crippen LogP contribution in [0.4, 0.5) is 0 Å². The second-order valence-electron chi connectivity index (χ2n) is 7.72. The normalized spacial score (nSPS) is 27.2. The van der Waals surface area contributed by atoms with Crippen LogP contribution in [0.5, 0.6) is 0 Å². The van der Waals surface area contributed by atoms with Gasteiger partial charge in [-0.3, -0.25) is 4.79 Å². The Bertz CT molecular complexity index is 562. The number of amides is 1. The number of hydrogen-bond donors (Lipinski definition) is 3. The zero-order valence-corrected chi connectivity index (χ0v) is 16.1. The van der Waals surface area contributed by atoms with Gasteiger partial charge in [0.1, 0.15) is 44.9 Å². The van der Waals surface area contributed by atoms with E-state index in [1.54, 1.807) is 4.90 Å². The number of rotatable bonds is 6. The molecule has 2 fully saturated rings. The first kappa shape index (κ1) is 19.3. The van der Waals surface area contributed by atoms with Crippen molar-refractivity contribution in [3.05, 3.63) is 35.4 Å². The van der Waals surface area contributed by atoms with Crippen molar-refractivity contribution in [3.63, 3.8) is 0 Å². The van der Waals surface area contributed by atoms with Crippen molar-refractivity contribution in [1.29, 1.82) is 0 Å². The molecule has 2 aliphatic heterocycles. The highest BCUT2D eigenvalue weighted by Crippen LogP contribution is 2.03. The van der Waals surface area contributed by atoms with Gasteiger partial charge >= 0.3 is 0 Å². The lowest BCUT2D eigenvalue weighted by molar-refractivity contribution is -0.921. The third kappa shape index (κ3) is 6.06. The fourth-order valence-corrected chi connectivity index (χ4v) is 3.92. The predicted molar refractivity (Wildman–Crippen MR) is 99.1 cm³/mol. The van der Waals surface area contributed by atoms with Gasteiger partial charge in [0.2, 0.25) is 0 Å².